The molecule has 1 aromatic carbocycles. The Bertz CT molecular complexity index is 644. The first kappa shape index (κ1) is 14.6. The Labute approximate surface area is 123 Å². The number of carbonyl (C=O) groups is 1. The lowest BCUT2D eigenvalue weighted by Gasteiger charge is -2.11. The molecule has 0 atom stereocenters. The largest absolute Gasteiger partial charge is 0.497 e. The number of anilines is 2. The molecule has 2 rings (SSSR count). The molecule has 2 N–H and O–H groups in total. The second-order valence-corrected chi connectivity index (χ2v) is 4.20. The van der Waals surface area contributed by atoms with Gasteiger partial charge < -0.3 is 20.1 Å². The summed E-state index contributed by atoms with van der Waals surface area (Å²) >= 11 is 0. The zero-order valence-electron chi connectivity index (χ0n) is 12.1. The highest BCUT2D eigenvalue weighted by Gasteiger charge is 2.12. The fourth-order valence-corrected chi connectivity index (χ4v) is 1.80. The minimum absolute atomic E-state index is 0.310. The summed E-state index contributed by atoms with van der Waals surface area (Å²) in [6.07, 6.45) is 1.58. The molecule has 0 bridgehead atoms. The van der Waals surface area contributed by atoms with Gasteiger partial charge in [-0.3, -0.25) is 9.78 Å². The van der Waals surface area contributed by atoms with Crippen LogP contribution in [0.4, 0.5) is 11.4 Å². The third-order valence-corrected chi connectivity index (χ3v) is 2.94. The topological polar surface area (TPSA) is 72.5 Å². The first-order chi connectivity index (χ1) is 10.2. The summed E-state index contributed by atoms with van der Waals surface area (Å²) < 4.78 is 10.4. The predicted molar refractivity (Wildman–Crippen MR) is 81.3 cm³/mol. The molecule has 1 amide bonds. The van der Waals surface area contributed by atoms with Crippen LogP contribution >= 0.6 is 0 Å². The molecule has 0 aliphatic rings. The molecule has 0 aliphatic carbocycles. The molecule has 6 heteroatoms. The SMILES string of the molecule is CNc1ccnc(C(=O)Nc2ccc(OC)cc2OC)c1. The molecule has 2 aromatic rings. The monoisotopic (exact) mass is 287 g/mol. The molecular formula is C15H17N3O3. The van der Waals surface area contributed by atoms with Crippen LogP contribution in [-0.2, 0) is 0 Å². The maximum atomic E-state index is 12.2. The molecule has 6 nitrogen and oxygen atoms in total. The Hall–Kier alpha value is -2.76. The van der Waals surface area contributed by atoms with E-state index in [1.165, 1.54) is 7.11 Å². The van der Waals surface area contributed by atoms with E-state index in [-0.39, 0.29) is 5.91 Å². The minimum Gasteiger partial charge on any atom is -0.497 e. The number of benzene rings is 1. The predicted octanol–water partition coefficient (Wildman–Crippen LogP) is 2.39. The molecule has 0 saturated carbocycles. The Morgan fingerprint density at radius 3 is 2.62 bits per heavy atom. The van der Waals surface area contributed by atoms with Crippen LogP contribution in [0, 0.1) is 0 Å². The van der Waals surface area contributed by atoms with Gasteiger partial charge in [0.15, 0.2) is 0 Å². The van der Waals surface area contributed by atoms with Crippen molar-refractivity contribution in [1.82, 2.24) is 4.98 Å². The first-order valence-corrected chi connectivity index (χ1v) is 6.35. The summed E-state index contributed by atoms with van der Waals surface area (Å²) in [6.45, 7) is 0. The molecule has 0 fully saturated rings. The molecule has 0 saturated heterocycles. The second kappa shape index (κ2) is 6.60. The van der Waals surface area contributed by atoms with Crippen molar-refractivity contribution >= 4 is 17.3 Å². The van der Waals surface area contributed by atoms with E-state index in [2.05, 4.69) is 15.6 Å². The van der Waals surface area contributed by atoms with Gasteiger partial charge in [0.25, 0.3) is 5.91 Å². The molecule has 1 aromatic heterocycles. The molecule has 0 aliphatic heterocycles. The third kappa shape index (κ3) is 3.42. The van der Waals surface area contributed by atoms with Gasteiger partial charge in [0.1, 0.15) is 17.2 Å². The van der Waals surface area contributed by atoms with E-state index < -0.39 is 0 Å². The van der Waals surface area contributed by atoms with Crippen molar-refractivity contribution < 1.29 is 14.3 Å². The maximum Gasteiger partial charge on any atom is 0.274 e. The number of hydrogen-bond donors (Lipinski definition) is 2. The number of nitrogens with zero attached hydrogens (tertiary/aromatic N) is 1. The van der Waals surface area contributed by atoms with Crippen LogP contribution in [0.1, 0.15) is 10.5 Å². The van der Waals surface area contributed by atoms with E-state index in [1.54, 1.807) is 50.7 Å². The lowest BCUT2D eigenvalue weighted by atomic mass is 10.2. The smallest absolute Gasteiger partial charge is 0.274 e. The van der Waals surface area contributed by atoms with Crippen LogP contribution in [0.2, 0.25) is 0 Å². The average molecular weight is 287 g/mol. The molecule has 110 valence electrons. The van der Waals surface area contributed by atoms with Crippen molar-refractivity contribution in [2.45, 2.75) is 0 Å². The Balaban J connectivity index is 2.22. The van der Waals surface area contributed by atoms with Gasteiger partial charge in [-0.15, -0.1) is 0 Å². The highest BCUT2D eigenvalue weighted by atomic mass is 16.5. The first-order valence-electron chi connectivity index (χ1n) is 6.35. The van der Waals surface area contributed by atoms with Gasteiger partial charge in [-0.2, -0.15) is 0 Å². The van der Waals surface area contributed by atoms with Gasteiger partial charge in [-0.1, -0.05) is 0 Å². The summed E-state index contributed by atoms with van der Waals surface area (Å²) in [7, 11) is 4.88. The van der Waals surface area contributed by atoms with E-state index in [4.69, 9.17) is 9.47 Å². The van der Waals surface area contributed by atoms with E-state index in [1.807, 2.05) is 0 Å². The molecule has 1 heterocycles. The van der Waals surface area contributed by atoms with Crippen molar-refractivity contribution in [3.63, 3.8) is 0 Å². The molecule has 0 spiro atoms. The van der Waals surface area contributed by atoms with E-state index in [9.17, 15) is 4.79 Å². The zero-order valence-corrected chi connectivity index (χ0v) is 12.1. The number of amides is 1. The quantitative estimate of drug-likeness (QED) is 0.883. The number of nitrogens with one attached hydrogen (secondary N) is 2. The van der Waals surface area contributed by atoms with Crippen molar-refractivity contribution in [2.24, 2.45) is 0 Å². The highest BCUT2D eigenvalue weighted by molar-refractivity contribution is 6.04. The fourth-order valence-electron chi connectivity index (χ4n) is 1.80. The van der Waals surface area contributed by atoms with Gasteiger partial charge in [0.2, 0.25) is 0 Å². The molecule has 0 unspecified atom stereocenters. The summed E-state index contributed by atoms with van der Waals surface area (Å²) in [5.74, 6) is 0.864. The van der Waals surface area contributed by atoms with Crippen molar-refractivity contribution in [3.05, 3.63) is 42.2 Å². The van der Waals surface area contributed by atoms with E-state index in [0.717, 1.165) is 5.69 Å². The molecule has 0 radical (unpaired) electrons. The van der Waals surface area contributed by atoms with Crippen molar-refractivity contribution in [3.8, 4) is 11.5 Å². The number of methoxy groups -OCH3 is 2. The zero-order chi connectivity index (χ0) is 15.2. The van der Waals surface area contributed by atoms with Gasteiger partial charge in [0.05, 0.1) is 19.9 Å². The van der Waals surface area contributed by atoms with Gasteiger partial charge in [-0.25, -0.2) is 0 Å². The number of aromatic nitrogens is 1. The van der Waals surface area contributed by atoms with Crippen LogP contribution in [0.15, 0.2) is 36.5 Å². The number of carbonyl (C=O) groups excluding carboxylic acids is 1. The average Bonchev–Trinajstić information content (AvgIpc) is 2.55. The molecule has 21 heavy (non-hydrogen) atoms. The standard InChI is InChI=1S/C15H17N3O3/c1-16-10-6-7-17-13(8-10)15(19)18-12-5-4-11(20-2)9-14(12)21-3/h4-9H,1-3H3,(H,16,17)(H,18,19). The summed E-state index contributed by atoms with van der Waals surface area (Å²) in [5, 5.41) is 5.73. The van der Waals surface area contributed by atoms with E-state index in [0.29, 0.717) is 22.9 Å². The third-order valence-electron chi connectivity index (χ3n) is 2.94. The maximum absolute atomic E-state index is 12.2. The van der Waals surface area contributed by atoms with Crippen molar-refractivity contribution in [1.29, 1.82) is 0 Å². The van der Waals surface area contributed by atoms with Crippen LogP contribution < -0.4 is 20.1 Å². The van der Waals surface area contributed by atoms with Crippen LogP contribution in [-0.4, -0.2) is 32.2 Å². The minimum atomic E-state index is -0.310. The van der Waals surface area contributed by atoms with Gasteiger partial charge in [-0.05, 0) is 24.3 Å². The number of ether oxygens (including phenoxy) is 2. The van der Waals surface area contributed by atoms with Gasteiger partial charge >= 0.3 is 0 Å². The number of rotatable bonds is 5. The van der Waals surface area contributed by atoms with Gasteiger partial charge in [0, 0.05) is 25.0 Å². The van der Waals surface area contributed by atoms with Crippen molar-refractivity contribution in [2.75, 3.05) is 31.9 Å². The summed E-state index contributed by atoms with van der Waals surface area (Å²) in [4.78, 5) is 16.3. The van der Waals surface area contributed by atoms with Crippen LogP contribution in [0.3, 0.4) is 0 Å². The normalized spacial score (nSPS) is 9.86. The second-order valence-electron chi connectivity index (χ2n) is 4.20. The molecular weight excluding hydrogens is 270 g/mol. The lowest BCUT2D eigenvalue weighted by molar-refractivity contribution is 0.102. The Morgan fingerprint density at radius 2 is 1.95 bits per heavy atom. The number of pyridine rings is 1. The fraction of sp³-hybridized carbons (Fsp3) is 0.200. The van der Waals surface area contributed by atoms with Crippen LogP contribution in [0.25, 0.3) is 0 Å². The van der Waals surface area contributed by atoms with E-state index >= 15 is 0 Å². The number of hydrogen-bond acceptors (Lipinski definition) is 5. The Morgan fingerprint density at radius 1 is 1.14 bits per heavy atom. The highest BCUT2D eigenvalue weighted by Crippen LogP contribution is 2.29. The lowest BCUT2D eigenvalue weighted by Crippen LogP contribution is -2.14. The van der Waals surface area contributed by atoms with Crippen LogP contribution in [0.5, 0.6) is 11.5 Å². The summed E-state index contributed by atoms with van der Waals surface area (Å²) in [6, 6.07) is 8.62. The Kier molecular flexibility index (Phi) is 4.61. The summed E-state index contributed by atoms with van der Waals surface area (Å²) in [5.41, 5.74) is 1.69.